The van der Waals surface area contributed by atoms with Crippen molar-refractivity contribution in [3.05, 3.63) is 33.8 Å². The van der Waals surface area contributed by atoms with Crippen LogP contribution in [0.15, 0.2) is 18.2 Å². The van der Waals surface area contributed by atoms with E-state index in [0.717, 1.165) is 31.2 Å². The number of hydrogen-bond acceptors (Lipinski definition) is 2. The first-order valence-corrected chi connectivity index (χ1v) is 7.35. The summed E-state index contributed by atoms with van der Waals surface area (Å²) in [6.07, 6.45) is 5.30. The molecular weight excluding hydrogens is 283 g/mol. The fourth-order valence-electron chi connectivity index (χ4n) is 2.72. The van der Waals surface area contributed by atoms with E-state index in [-0.39, 0.29) is 5.78 Å². The summed E-state index contributed by atoms with van der Waals surface area (Å²) in [5.74, 6) is 0.146. The number of ketones is 1. The second-order valence-corrected chi connectivity index (χ2v) is 5.92. The standard InChI is InChI=1S/C15H18Cl2O2/c1-19-15(7-3-2-4-8-15)14(18)10-11-5-6-12(16)13(17)9-11/h5-6,9H,2-4,7-8,10H2,1H3. The average Bonchev–Trinajstić information content (AvgIpc) is 2.43. The number of halogens is 2. The zero-order valence-corrected chi connectivity index (χ0v) is 12.6. The molecule has 2 rings (SSSR count). The summed E-state index contributed by atoms with van der Waals surface area (Å²) < 4.78 is 5.56. The molecule has 2 nitrogen and oxygen atoms in total. The van der Waals surface area contributed by atoms with Crippen LogP contribution in [0.2, 0.25) is 10.0 Å². The monoisotopic (exact) mass is 300 g/mol. The molecule has 1 aliphatic rings. The van der Waals surface area contributed by atoms with Crippen LogP contribution >= 0.6 is 23.2 Å². The molecule has 1 aliphatic carbocycles. The number of carbonyl (C=O) groups is 1. The lowest BCUT2D eigenvalue weighted by molar-refractivity contribution is -0.144. The van der Waals surface area contributed by atoms with E-state index in [9.17, 15) is 4.79 Å². The molecule has 104 valence electrons. The smallest absolute Gasteiger partial charge is 0.168 e. The maximum Gasteiger partial charge on any atom is 0.168 e. The van der Waals surface area contributed by atoms with Gasteiger partial charge in [-0.1, -0.05) is 48.5 Å². The quantitative estimate of drug-likeness (QED) is 0.821. The molecule has 0 unspecified atom stereocenters. The molecule has 4 heteroatoms. The molecule has 1 aromatic rings. The number of rotatable bonds is 4. The van der Waals surface area contributed by atoms with Crippen LogP contribution in [0.4, 0.5) is 0 Å². The Kier molecular flexibility index (Phi) is 4.88. The Labute approximate surface area is 124 Å². The normalized spacial score (nSPS) is 18.3. The minimum absolute atomic E-state index is 0.146. The highest BCUT2D eigenvalue weighted by atomic mass is 35.5. The van der Waals surface area contributed by atoms with E-state index in [1.54, 1.807) is 19.2 Å². The van der Waals surface area contributed by atoms with Crippen LogP contribution in [0.25, 0.3) is 0 Å². The van der Waals surface area contributed by atoms with Crippen molar-refractivity contribution in [1.82, 2.24) is 0 Å². The van der Waals surface area contributed by atoms with Crippen molar-refractivity contribution in [2.45, 2.75) is 44.1 Å². The molecule has 19 heavy (non-hydrogen) atoms. The molecule has 0 atom stereocenters. The van der Waals surface area contributed by atoms with Gasteiger partial charge in [0, 0.05) is 13.5 Å². The fourth-order valence-corrected chi connectivity index (χ4v) is 3.04. The molecule has 0 radical (unpaired) electrons. The summed E-state index contributed by atoms with van der Waals surface area (Å²) in [6, 6.07) is 5.33. The minimum atomic E-state index is -0.593. The van der Waals surface area contributed by atoms with Crippen LogP contribution in [0.1, 0.15) is 37.7 Å². The number of hydrogen-bond donors (Lipinski definition) is 0. The lowest BCUT2D eigenvalue weighted by atomic mass is 9.79. The van der Waals surface area contributed by atoms with Crippen LogP contribution in [0.5, 0.6) is 0 Å². The summed E-state index contributed by atoms with van der Waals surface area (Å²) in [6.45, 7) is 0. The highest BCUT2D eigenvalue weighted by Gasteiger charge is 2.38. The van der Waals surface area contributed by atoms with Crippen LogP contribution in [0.3, 0.4) is 0 Å². The third kappa shape index (κ3) is 3.31. The van der Waals surface area contributed by atoms with Crippen molar-refractivity contribution in [3.63, 3.8) is 0 Å². The Morgan fingerprint density at radius 1 is 1.21 bits per heavy atom. The predicted molar refractivity (Wildman–Crippen MR) is 78.0 cm³/mol. The van der Waals surface area contributed by atoms with Gasteiger partial charge in [-0.25, -0.2) is 0 Å². The maximum atomic E-state index is 12.5. The van der Waals surface area contributed by atoms with Crippen molar-refractivity contribution >= 4 is 29.0 Å². The third-order valence-electron chi connectivity index (χ3n) is 3.91. The first kappa shape index (κ1) is 14.8. The van der Waals surface area contributed by atoms with Crippen molar-refractivity contribution < 1.29 is 9.53 Å². The highest BCUT2D eigenvalue weighted by molar-refractivity contribution is 6.42. The lowest BCUT2D eigenvalue weighted by Crippen LogP contribution is -2.43. The number of Topliss-reactive ketones (excluding diaryl/α,β-unsaturated/α-hetero) is 1. The molecular formula is C15H18Cl2O2. The Morgan fingerprint density at radius 2 is 1.89 bits per heavy atom. The van der Waals surface area contributed by atoms with Crippen molar-refractivity contribution in [3.8, 4) is 0 Å². The molecule has 0 bridgehead atoms. The molecule has 0 aromatic heterocycles. The Bertz CT molecular complexity index is 465. The molecule has 1 fully saturated rings. The summed E-state index contributed by atoms with van der Waals surface area (Å²) in [4.78, 5) is 12.5. The van der Waals surface area contributed by atoms with Crippen LogP contribution < -0.4 is 0 Å². The van der Waals surface area contributed by atoms with Gasteiger partial charge in [0.05, 0.1) is 10.0 Å². The van der Waals surface area contributed by atoms with Crippen molar-refractivity contribution in [2.24, 2.45) is 0 Å². The van der Waals surface area contributed by atoms with Gasteiger partial charge in [-0.3, -0.25) is 4.79 Å². The number of methoxy groups -OCH3 is 1. The van der Waals surface area contributed by atoms with Gasteiger partial charge in [0.15, 0.2) is 5.78 Å². The summed E-state index contributed by atoms with van der Waals surface area (Å²) >= 11 is 11.9. The third-order valence-corrected chi connectivity index (χ3v) is 4.65. The Morgan fingerprint density at radius 3 is 2.47 bits per heavy atom. The van der Waals surface area contributed by atoms with Gasteiger partial charge >= 0.3 is 0 Å². The molecule has 1 aromatic carbocycles. The average molecular weight is 301 g/mol. The predicted octanol–water partition coefficient (Wildman–Crippen LogP) is 4.45. The van der Waals surface area contributed by atoms with Crippen molar-refractivity contribution in [1.29, 1.82) is 0 Å². The van der Waals surface area contributed by atoms with E-state index >= 15 is 0 Å². The molecule has 0 spiro atoms. The molecule has 0 aliphatic heterocycles. The highest BCUT2D eigenvalue weighted by Crippen LogP contribution is 2.33. The summed E-state index contributed by atoms with van der Waals surface area (Å²) in [5, 5.41) is 0.999. The van der Waals surface area contributed by atoms with Gasteiger partial charge < -0.3 is 4.74 Å². The first-order valence-electron chi connectivity index (χ1n) is 6.60. The lowest BCUT2D eigenvalue weighted by Gasteiger charge is -2.34. The van der Waals surface area contributed by atoms with Gasteiger partial charge in [-0.2, -0.15) is 0 Å². The Balaban J connectivity index is 2.12. The molecule has 0 saturated heterocycles. The van der Waals surface area contributed by atoms with E-state index in [2.05, 4.69) is 0 Å². The van der Waals surface area contributed by atoms with Crippen LogP contribution in [-0.4, -0.2) is 18.5 Å². The zero-order valence-electron chi connectivity index (χ0n) is 11.0. The van der Waals surface area contributed by atoms with Crippen LogP contribution in [-0.2, 0) is 16.0 Å². The fraction of sp³-hybridized carbons (Fsp3) is 0.533. The van der Waals surface area contributed by atoms with E-state index < -0.39 is 5.60 Å². The molecule has 0 amide bonds. The summed E-state index contributed by atoms with van der Waals surface area (Å²) in [5.41, 5.74) is 0.297. The number of ether oxygens (including phenoxy) is 1. The topological polar surface area (TPSA) is 26.3 Å². The largest absolute Gasteiger partial charge is 0.370 e. The molecule has 0 heterocycles. The van der Waals surface area contributed by atoms with Crippen molar-refractivity contribution in [2.75, 3.05) is 7.11 Å². The van der Waals surface area contributed by atoms with Gasteiger partial charge in [0.2, 0.25) is 0 Å². The summed E-state index contributed by atoms with van der Waals surface area (Å²) in [7, 11) is 1.64. The van der Waals surface area contributed by atoms with Gasteiger partial charge in [-0.15, -0.1) is 0 Å². The maximum absolute atomic E-state index is 12.5. The Hall–Kier alpha value is -0.570. The van der Waals surface area contributed by atoms with Crippen LogP contribution in [0, 0.1) is 0 Å². The molecule has 0 N–H and O–H groups in total. The first-order chi connectivity index (χ1) is 9.07. The van der Waals surface area contributed by atoms with E-state index in [0.29, 0.717) is 16.5 Å². The van der Waals surface area contributed by atoms with E-state index in [4.69, 9.17) is 27.9 Å². The SMILES string of the molecule is COC1(C(=O)Cc2ccc(Cl)c(Cl)c2)CCCCC1. The second-order valence-electron chi connectivity index (χ2n) is 5.11. The minimum Gasteiger partial charge on any atom is -0.370 e. The second kappa shape index (κ2) is 6.25. The van der Waals surface area contributed by atoms with Gasteiger partial charge in [0.25, 0.3) is 0 Å². The van der Waals surface area contributed by atoms with E-state index in [1.807, 2.05) is 6.07 Å². The van der Waals surface area contributed by atoms with Gasteiger partial charge in [0.1, 0.15) is 5.60 Å². The number of benzene rings is 1. The zero-order chi connectivity index (χ0) is 13.9. The number of carbonyl (C=O) groups excluding carboxylic acids is 1. The van der Waals surface area contributed by atoms with Gasteiger partial charge in [-0.05, 0) is 30.5 Å². The van der Waals surface area contributed by atoms with E-state index in [1.165, 1.54) is 6.42 Å². The molecule has 1 saturated carbocycles.